The van der Waals surface area contributed by atoms with Gasteiger partial charge in [-0.15, -0.1) is 0 Å². The van der Waals surface area contributed by atoms with Gasteiger partial charge in [0.25, 0.3) is 5.91 Å². The van der Waals surface area contributed by atoms with E-state index in [1.54, 1.807) is 0 Å². The highest BCUT2D eigenvalue weighted by Gasteiger charge is 2.41. The van der Waals surface area contributed by atoms with Crippen LogP contribution in [0.3, 0.4) is 0 Å². The SMILES string of the molecule is CCn1cc(Br)cc1C(=O)NCC(C1CC1)C1CC1. The zero-order valence-electron chi connectivity index (χ0n) is 11.4. The van der Waals surface area contributed by atoms with Crippen LogP contribution in [0.4, 0.5) is 0 Å². The Morgan fingerprint density at radius 1 is 1.42 bits per heavy atom. The molecule has 0 saturated heterocycles. The van der Waals surface area contributed by atoms with Crippen LogP contribution in [-0.4, -0.2) is 17.0 Å². The number of aromatic nitrogens is 1. The largest absolute Gasteiger partial charge is 0.350 e. The van der Waals surface area contributed by atoms with Gasteiger partial charge in [0.1, 0.15) is 5.69 Å². The normalized spacial score (nSPS) is 18.9. The summed E-state index contributed by atoms with van der Waals surface area (Å²) < 4.78 is 2.96. The lowest BCUT2D eigenvalue weighted by molar-refractivity contribution is 0.0934. The van der Waals surface area contributed by atoms with E-state index in [0.717, 1.165) is 41.0 Å². The summed E-state index contributed by atoms with van der Waals surface area (Å²) in [6.45, 7) is 3.74. The van der Waals surface area contributed by atoms with Crippen molar-refractivity contribution in [3.8, 4) is 0 Å². The Labute approximate surface area is 122 Å². The molecule has 2 fully saturated rings. The van der Waals surface area contributed by atoms with Crippen LogP contribution in [0.5, 0.6) is 0 Å². The Kier molecular flexibility index (Phi) is 3.70. The summed E-state index contributed by atoms with van der Waals surface area (Å²) in [5.74, 6) is 2.58. The molecule has 3 nitrogen and oxygen atoms in total. The number of aryl methyl sites for hydroxylation is 1. The second kappa shape index (κ2) is 5.31. The van der Waals surface area contributed by atoms with Crippen molar-refractivity contribution in [2.75, 3.05) is 6.54 Å². The summed E-state index contributed by atoms with van der Waals surface area (Å²) in [5.41, 5.74) is 0.764. The molecule has 1 heterocycles. The molecule has 104 valence electrons. The highest BCUT2D eigenvalue weighted by Crippen LogP contribution is 2.48. The Morgan fingerprint density at radius 3 is 2.58 bits per heavy atom. The minimum Gasteiger partial charge on any atom is -0.350 e. The number of hydrogen-bond donors (Lipinski definition) is 1. The van der Waals surface area contributed by atoms with Crippen LogP contribution < -0.4 is 5.32 Å². The smallest absolute Gasteiger partial charge is 0.267 e. The van der Waals surface area contributed by atoms with Crippen molar-refractivity contribution in [1.82, 2.24) is 9.88 Å². The van der Waals surface area contributed by atoms with Crippen LogP contribution in [0.25, 0.3) is 0 Å². The zero-order chi connectivity index (χ0) is 13.4. The lowest BCUT2D eigenvalue weighted by Crippen LogP contribution is -2.32. The maximum atomic E-state index is 12.3. The molecule has 2 saturated carbocycles. The van der Waals surface area contributed by atoms with Gasteiger partial charge < -0.3 is 9.88 Å². The Hall–Kier alpha value is -0.770. The molecule has 0 spiro atoms. The van der Waals surface area contributed by atoms with E-state index in [4.69, 9.17) is 0 Å². The van der Waals surface area contributed by atoms with E-state index >= 15 is 0 Å². The quantitative estimate of drug-likeness (QED) is 0.854. The standard InChI is InChI=1S/C15H21BrN2O/c1-2-18-9-12(16)7-14(18)15(19)17-8-13(10-3-4-10)11-5-6-11/h7,9-11,13H,2-6,8H2,1H3,(H,17,19). The molecule has 19 heavy (non-hydrogen) atoms. The number of rotatable bonds is 6. The summed E-state index contributed by atoms with van der Waals surface area (Å²) in [7, 11) is 0. The minimum absolute atomic E-state index is 0.0684. The first-order valence-corrected chi connectivity index (χ1v) is 8.12. The summed E-state index contributed by atoms with van der Waals surface area (Å²) in [4.78, 5) is 12.3. The molecule has 2 aliphatic carbocycles. The average molecular weight is 325 g/mol. The zero-order valence-corrected chi connectivity index (χ0v) is 12.9. The van der Waals surface area contributed by atoms with Crippen LogP contribution in [0.15, 0.2) is 16.7 Å². The van der Waals surface area contributed by atoms with Gasteiger partial charge in [0.2, 0.25) is 0 Å². The van der Waals surface area contributed by atoms with Crippen molar-refractivity contribution >= 4 is 21.8 Å². The van der Waals surface area contributed by atoms with Crippen molar-refractivity contribution in [3.05, 3.63) is 22.4 Å². The van der Waals surface area contributed by atoms with E-state index in [-0.39, 0.29) is 5.91 Å². The number of nitrogens with zero attached hydrogens (tertiary/aromatic N) is 1. The molecule has 3 rings (SSSR count). The Morgan fingerprint density at radius 2 is 2.05 bits per heavy atom. The second-order valence-corrected chi connectivity index (χ2v) is 6.79. The molecule has 0 radical (unpaired) electrons. The maximum Gasteiger partial charge on any atom is 0.267 e. The minimum atomic E-state index is 0.0684. The van der Waals surface area contributed by atoms with Crippen molar-refractivity contribution < 1.29 is 4.79 Å². The second-order valence-electron chi connectivity index (χ2n) is 5.88. The van der Waals surface area contributed by atoms with Crippen molar-refractivity contribution in [3.63, 3.8) is 0 Å². The van der Waals surface area contributed by atoms with Gasteiger partial charge in [-0.3, -0.25) is 4.79 Å². The predicted molar refractivity (Wildman–Crippen MR) is 79.1 cm³/mol. The third-order valence-corrected chi connectivity index (χ3v) is 4.82. The summed E-state index contributed by atoms with van der Waals surface area (Å²) in [6.07, 6.45) is 7.44. The van der Waals surface area contributed by atoms with Crippen LogP contribution in [0.1, 0.15) is 43.1 Å². The highest BCUT2D eigenvalue weighted by atomic mass is 79.9. The van der Waals surface area contributed by atoms with Crippen LogP contribution in [-0.2, 0) is 6.54 Å². The van der Waals surface area contributed by atoms with Crippen molar-refractivity contribution in [2.45, 2.75) is 39.2 Å². The Balaban J connectivity index is 1.60. The number of carbonyl (C=O) groups excluding carboxylic acids is 1. The Bertz CT molecular complexity index is 462. The van der Waals surface area contributed by atoms with E-state index in [1.165, 1.54) is 25.7 Å². The molecule has 1 N–H and O–H groups in total. The molecule has 1 aromatic rings. The fraction of sp³-hybridized carbons (Fsp3) is 0.667. The van der Waals surface area contributed by atoms with E-state index in [0.29, 0.717) is 0 Å². The van der Waals surface area contributed by atoms with Crippen molar-refractivity contribution in [1.29, 1.82) is 0 Å². The molecule has 0 atom stereocenters. The summed E-state index contributed by atoms with van der Waals surface area (Å²) in [6, 6.07) is 1.90. The highest BCUT2D eigenvalue weighted by molar-refractivity contribution is 9.10. The summed E-state index contributed by atoms with van der Waals surface area (Å²) in [5, 5.41) is 3.15. The molecule has 0 bridgehead atoms. The van der Waals surface area contributed by atoms with Crippen LogP contribution in [0.2, 0.25) is 0 Å². The molecular weight excluding hydrogens is 304 g/mol. The predicted octanol–water partition coefficient (Wildman–Crippen LogP) is 3.44. The van der Waals surface area contributed by atoms with Gasteiger partial charge in [-0.05, 0) is 72.4 Å². The first-order valence-electron chi connectivity index (χ1n) is 7.33. The lowest BCUT2D eigenvalue weighted by atomic mass is 9.98. The fourth-order valence-electron chi connectivity index (χ4n) is 2.99. The topological polar surface area (TPSA) is 34.0 Å². The fourth-order valence-corrected chi connectivity index (χ4v) is 3.46. The van der Waals surface area contributed by atoms with Gasteiger partial charge in [-0.2, -0.15) is 0 Å². The number of nitrogens with one attached hydrogen (secondary N) is 1. The van der Waals surface area contributed by atoms with Gasteiger partial charge >= 0.3 is 0 Å². The first kappa shape index (κ1) is 13.2. The van der Waals surface area contributed by atoms with E-state index in [1.807, 2.05) is 16.8 Å². The number of carbonyl (C=O) groups is 1. The van der Waals surface area contributed by atoms with Gasteiger partial charge in [0, 0.05) is 23.8 Å². The number of hydrogen-bond acceptors (Lipinski definition) is 1. The van der Waals surface area contributed by atoms with E-state index < -0.39 is 0 Å². The maximum absolute atomic E-state index is 12.3. The molecule has 1 aromatic heterocycles. The lowest BCUT2D eigenvalue weighted by Gasteiger charge is -2.16. The molecule has 1 amide bonds. The van der Waals surface area contributed by atoms with Gasteiger partial charge in [0.05, 0.1) is 0 Å². The molecule has 2 aliphatic rings. The van der Waals surface area contributed by atoms with E-state index in [9.17, 15) is 4.79 Å². The van der Waals surface area contributed by atoms with E-state index in [2.05, 4.69) is 28.2 Å². The first-order chi connectivity index (χ1) is 9.19. The van der Waals surface area contributed by atoms with Crippen LogP contribution >= 0.6 is 15.9 Å². The van der Waals surface area contributed by atoms with Crippen molar-refractivity contribution in [2.24, 2.45) is 17.8 Å². The van der Waals surface area contributed by atoms with Gasteiger partial charge in [-0.25, -0.2) is 0 Å². The molecule has 4 heteroatoms. The molecule has 0 aromatic carbocycles. The number of halogens is 1. The molecular formula is C15H21BrN2O. The molecule has 0 aliphatic heterocycles. The van der Waals surface area contributed by atoms with Gasteiger partial charge in [0.15, 0.2) is 0 Å². The monoisotopic (exact) mass is 324 g/mol. The average Bonchev–Trinajstić information content (AvgIpc) is 3.28. The van der Waals surface area contributed by atoms with Gasteiger partial charge in [-0.1, -0.05) is 0 Å². The number of amides is 1. The van der Waals surface area contributed by atoms with Crippen LogP contribution in [0, 0.1) is 17.8 Å². The third kappa shape index (κ3) is 3.04. The summed E-state index contributed by atoms with van der Waals surface area (Å²) >= 11 is 3.44. The molecule has 0 unspecified atom stereocenters. The third-order valence-electron chi connectivity index (χ3n) is 4.39.